The third-order valence-electron chi connectivity index (χ3n) is 5.33. The highest BCUT2D eigenvalue weighted by molar-refractivity contribution is 6.65. The van der Waals surface area contributed by atoms with Crippen molar-refractivity contribution in [1.82, 2.24) is 9.55 Å². The molecule has 1 amide bonds. The monoisotopic (exact) mass is 484 g/mol. The van der Waals surface area contributed by atoms with E-state index >= 15 is 0 Å². The molecule has 2 aromatic carbocycles. The van der Waals surface area contributed by atoms with E-state index in [1.165, 1.54) is 29.2 Å². The number of halogens is 2. The lowest BCUT2D eigenvalue weighted by molar-refractivity contribution is 0.0596. The second-order valence-electron chi connectivity index (χ2n) is 8.97. The highest BCUT2D eigenvalue weighted by atomic mass is 35.5. The van der Waals surface area contributed by atoms with Crippen molar-refractivity contribution in [2.24, 2.45) is 17.0 Å². The number of imidazole rings is 1. The Morgan fingerprint density at radius 1 is 1.18 bits per heavy atom. The molecule has 1 aliphatic rings. The number of carbonyl (C=O) groups is 1. The Kier molecular flexibility index (Phi) is 6.31. The lowest BCUT2D eigenvalue weighted by atomic mass is 10.2. The number of hydrogen-bond acceptors (Lipinski definition) is 6. The van der Waals surface area contributed by atoms with Crippen LogP contribution >= 0.6 is 11.6 Å². The van der Waals surface area contributed by atoms with E-state index in [2.05, 4.69) is 9.98 Å². The highest BCUT2D eigenvalue weighted by Crippen LogP contribution is 2.32. The van der Waals surface area contributed by atoms with Crippen molar-refractivity contribution in [3.05, 3.63) is 48.3 Å². The predicted octanol–water partition coefficient (Wildman–Crippen LogP) is 5.62. The van der Waals surface area contributed by atoms with Gasteiger partial charge in [0.25, 0.3) is 0 Å². The van der Waals surface area contributed by atoms with Gasteiger partial charge >= 0.3 is 6.09 Å². The molecule has 0 fully saturated rings. The van der Waals surface area contributed by atoms with Gasteiger partial charge in [-0.2, -0.15) is 0 Å². The maximum atomic E-state index is 13.6. The number of nitrogens with zero attached hydrogens (tertiary/aromatic N) is 6. The number of hydrogen-bond donors (Lipinski definition) is 0. The number of amidine groups is 1. The van der Waals surface area contributed by atoms with E-state index in [9.17, 15) is 9.18 Å². The van der Waals surface area contributed by atoms with Crippen LogP contribution in [0.25, 0.3) is 11.0 Å². The fraction of sp³-hybridized carbons (Fsp3) is 0.333. The lowest BCUT2D eigenvalue weighted by Crippen LogP contribution is -2.35. The number of aromatic nitrogens is 2. The third-order valence-corrected chi connectivity index (χ3v) is 5.52. The molecule has 178 valence electrons. The fourth-order valence-corrected chi connectivity index (χ4v) is 3.82. The third kappa shape index (κ3) is 4.89. The predicted molar refractivity (Wildman–Crippen MR) is 134 cm³/mol. The quantitative estimate of drug-likeness (QED) is 0.450. The summed E-state index contributed by atoms with van der Waals surface area (Å²) in [5.41, 5.74) is 2.10. The number of amides is 1. The molecule has 0 saturated heterocycles. The lowest BCUT2D eigenvalue weighted by Gasteiger charge is -2.27. The summed E-state index contributed by atoms with van der Waals surface area (Å²) >= 11 is 5.98. The van der Waals surface area contributed by atoms with Gasteiger partial charge in [0.15, 0.2) is 0 Å². The van der Waals surface area contributed by atoms with E-state index in [1.54, 1.807) is 31.6 Å². The van der Waals surface area contributed by atoms with Gasteiger partial charge in [-0.25, -0.2) is 29.1 Å². The van der Waals surface area contributed by atoms with Crippen LogP contribution in [0.2, 0.25) is 0 Å². The normalized spacial score (nSPS) is 15.9. The Hall–Kier alpha value is -3.46. The van der Waals surface area contributed by atoms with Crippen molar-refractivity contribution in [2.75, 3.05) is 16.8 Å². The zero-order valence-electron chi connectivity index (χ0n) is 19.7. The molecule has 3 aromatic rings. The summed E-state index contributed by atoms with van der Waals surface area (Å²) in [4.78, 5) is 29.6. The fourth-order valence-electron chi connectivity index (χ4n) is 3.64. The molecule has 0 N–H and O–H groups in total. The van der Waals surface area contributed by atoms with E-state index < -0.39 is 17.5 Å². The first-order chi connectivity index (χ1) is 16.0. The van der Waals surface area contributed by atoms with E-state index in [0.29, 0.717) is 23.6 Å². The van der Waals surface area contributed by atoms with Gasteiger partial charge in [0, 0.05) is 32.4 Å². The Labute approximate surface area is 202 Å². The molecule has 0 spiro atoms. The molecule has 8 nitrogen and oxygen atoms in total. The van der Waals surface area contributed by atoms with E-state index in [1.807, 2.05) is 37.2 Å². The average Bonchev–Trinajstić information content (AvgIpc) is 3.09. The first kappa shape index (κ1) is 23.7. The molecule has 10 heteroatoms. The molecular weight excluding hydrogens is 459 g/mol. The number of aliphatic imine (C=N–C) groups is 2. The van der Waals surface area contributed by atoms with Crippen molar-refractivity contribution in [1.29, 1.82) is 0 Å². The average molecular weight is 485 g/mol. The number of ether oxygens (including phenoxy) is 1. The first-order valence-corrected chi connectivity index (χ1v) is 11.1. The van der Waals surface area contributed by atoms with Crippen LogP contribution in [0.1, 0.15) is 27.2 Å². The summed E-state index contributed by atoms with van der Waals surface area (Å²) in [6, 6.07) is 11.4. The highest BCUT2D eigenvalue weighted by Gasteiger charge is 2.29. The van der Waals surface area contributed by atoms with Gasteiger partial charge in [0.1, 0.15) is 17.6 Å². The van der Waals surface area contributed by atoms with Gasteiger partial charge in [-0.1, -0.05) is 0 Å². The molecule has 2 heterocycles. The van der Waals surface area contributed by atoms with E-state index in [4.69, 9.17) is 21.3 Å². The minimum Gasteiger partial charge on any atom is -0.443 e. The molecule has 1 aliphatic heterocycles. The Balaban J connectivity index is 1.76. The van der Waals surface area contributed by atoms with Crippen molar-refractivity contribution in [3.8, 4) is 0 Å². The van der Waals surface area contributed by atoms with Crippen LogP contribution in [-0.2, 0) is 11.8 Å². The summed E-state index contributed by atoms with van der Waals surface area (Å²) < 4.78 is 21.0. The minimum atomic E-state index is -0.721. The largest absolute Gasteiger partial charge is 0.443 e. The van der Waals surface area contributed by atoms with Gasteiger partial charge in [-0.3, -0.25) is 0 Å². The summed E-state index contributed by atoms with van der Waals surface area (Å²) in [6.45, 7) is 5.36. The Morgan fingerprint density at radius 2 is 1.85 bits per heavy atom. The van der Waals surface area contributed by atoms with Crippen molar-refractivity contribution in [3.63, 3.8) is 0 Å². The maximum Gasteiger partial charge on any atom is 0.421 e. The van der Waals surface area contributed by atoms with Crippen LogP contribution in [0, 0.1) is 5.82 Å². The number of anilines is 3. The van der Waals surface area contributed by atoms with E-state index in [-0.39, 0.29) is 11.5 Å². The number of benzene rings is 2. The zero-order valence-corrected chi connectivity index (χ0v) is 20.4. The number of carbonyl (C=O) groups excluding carboxylic acids is 1. The van der Waals surface area contributed by atoms with Crippen LogP contribution < -0.4 is 9.80 Å². The van der Waals surface area contributed by atoms with Crippen molar-refractivity contribution < 1.29 is 13.9 Å². The molecule has 0 saturated carbocycles. The van der Waals surface area contributed by atoms with Gasteiger partial charge in [-0.05, 0) is 74.8 Å². The van der Waals surface area contributed by atoms with Crippen molar-refractivity contribution >= 4 is 57.6 Å². The van der Waals surface area contributed by atoms with Crippen molar-refractivity contribution in [2.45, 2.75) is 39.0 Å². The first-order valence-electron chi connectivity index (χ1n) is 10.8. The van der Waals surface area contributed by atoms with Crippen LogP contribution in [0.4, 0.5) is 26.5 Å². The molecule has 34 heavy (non-hydrogen) atoms. The smallest absolute Gasteiger partial charge is 0.421 e. The molecule has 4 rings (SSSR count). The second-order valence-corrected chi connectivity index (χ2v) is 9.31. The number of aryl methyl sites for hydroxylation is 1. The molecule has 0 radical (unpaired) electrons. The summed E-state index contributed by atoms with van der Waals surface area (Å²) in [5.74, 6) is -0.0531. The van der Waals surface area contributed by atoms with Gasteiger partial charge in [0.05, 0.1) is 16.7 Å². The van der Waals surface area contributed by atoms with Crippen LogP contribution in [0.5, 0.6) is 0 Å². The molecular formula is C24H26ClFN6O2. The van der Waals surface area contributed by atoms with Crippen LogP contribution in [0.3, 0.4) is 0 Å². The second kappa shape index (κ2) is 9.06. The van der Waals surface area contributed by atoms with E-state index in [0.717, 1.165) is 11.2 Å². The Bertz CT molecular complexity index is 1280. The summed E-state index contributed by atoms with van der Waals surface area (Å²) in [6.07, 6.45) is 1.59. The summed E-state index contributed by atoms with van der Waals surface area (Å²) in [7, 11) is 3.74. The maximum absolute atomic E-state index is 13.6. The minimum absolute atomic E-state index is 0.178. The standard InChI is InChI=1S/C24H26ClFN6O2/c1-24(2,3)34-23(33)32(16-8-6-15(26)7-9-16)22-28-18-14-17(10-11-19(18)31(22)5)30(4)20-12-13-27-21(25)29-20/h6-11,13-14,20H,12H2,1-5H3. The van der Waals surface area contributed by atoms with Gasteiger partial charge in [0.2, 0.25) is 11.2 Å². The summed E-state index contributed by atoms with van der Waals surface area (Å²) in [5, 5.41) is 0.219. The zero-order chi connectivity index (χ0) is 24.6. The van der Waals surface area contributed by atoms with Gasteiger partial charge < -0.3 is 14.2 Å². The van der Waals surface area contributed by atoms with Gasteiger partial charge in [-0.15, -0.1) is 0 Å². The molecule has 0 aliphatic carbocycles. The number of rotatable bonds is 4. The molecule has 1 aromatic heterocycles. The molecule has 1 atom stereocenters. The van der Waals surface area contributed by atoms with Crippen LogP contribution in [-0.4, -0.2) is 46.0 Å². The molecule has 1 unspecified atom stereocenters. The van der Waals surface area contributed by atoms with Crippen LogP contribution in [0.15, 0.2) is 52.4 Å². The Morgan fingerprint density at radius 3 is 2.50 bits per heavy atom. The number of fused-ring (bicyclic) bond motifs is 1. The molecule has 0 bridgehead atoms. The topological polar surface area (TPSA) is 75.3 Å². The SMILES string of the molecule is CN(c1ccc2c(c1)nc(N(C(=O)OC(C)(C)C)c1ccc(F)cc1)n2C)C1CC=NC(Cl)=N1.